The van der Waals surface area contributed by atoms with Crippen molar-refractivity contribution >= 4 is 40.5 Å². The first kappa shape index (κ1) is 20.2. The number of carboxylic acids is 2. The number of rotatable bonds is 8. The number of halogens is 1. The van der Waals surface area contributed by atoms with Gasteiger partial charge in [0.2, 0.25) is 5.28 Å². The third kappa shape index (κ3) is 3.58. The average molecular weight is 416 g/mol. The van der Waals surface area contributed by atoms with E-state index in [-0.39, 0.29) is 17.7 Å². The highest BCUT2D eigenvalue weighted by atomic mass is 35.5. The Kier molecular flexibility index (Phi) is 5.65. The molecule has 13 heteroatoms. The first-order chi connectivity index (χ1) is 13.3. The minimum absolute atomic E-state index is 0.0307. The smallest absolute Gasteiger partial charge is 0.350 e. The Labute approximate surface area is 163 Å². The quantitative estimate of drug-likeness (QED) is 0.400. The summed E-state index contributed by atoms with van der Waals surface area (Å²) in [4.78, 5) is 35.0. The van der Waals surface area contributed by atoms with Crippen molar-refractivity contribution < 1.29 is 34.0 Å². The molecule has 1 saturated heterocycles. The van der Waals surface area contributed by atoms with Crippen LogP contribution in [0.1, 0.15) is 19.1 Å². The predicted octanol–water partition coefficient (Wildman–Crippen LogP) is 0.311. The molecule has 2 unspecified atom stereocenters. The summed E-state index contributed by atoms with van der Waals surface area (Å²) in [5, 5.41) is 18.6. The number of nitrogen functional groups attached to an aromatic ring is 1. The number of carbonyl (C=O) groups is 2. The van der Waals surface area contributed by atoms with Crippen LogP contribution in [0, 0.1) is 0 Å². The Morgan fingerprint density at radius 2 is 2.11 bits per heavy atom. The van der Waals surface area contributed by atoms with Gasteiger partial charge in [-0.05, 0) is 24.4 Å². The maximum Gasteiger partial charge on any atom is 0.350 e. The SMILES string of the molecule is COCC(OCC1CCC(n2cnc3c(N)nc(Cl)nc32)O1)(C(=O)O)C(=O)O. The van der Waals surface area contributed by atoms with E-state index in [9.17, 15) is 19.8 Å². The van der Waals surface area contributed by atoms with Gasteiger partial charge in [-0.15, -0.1) is 0 Å². The van der Waals surface area contributed by atoms with E-state index < -0.39 is 36.5 Å². The first-order valence-corrected chi connectivity index (χ1v) is 8.57. The van der Waals surface area contributed by atoms with Crippen molar-refractivity contribution in [1.82, 2.24) is 19.5 Å². The fourth-order valence-electron chi connectivity index (χ4n) is 2.95. The molecule has 0 radical (unpaired) electrons. The predicted molar refractivity (Wildman–Crippen MR) is 93.7 cm³/mol. The van der Waals surface area contributed by atoms with E-state index in [1.165, 1.54) is 13.4 Å². The van der Waals surface area contributed by atoms with Gasteiger partial charge in [0.1, 0.15) is 11.7 Å². The number of hydrogen-bond donors (Lipinski definition) is 3. The van der Waals surface area contributed by atoms with E-state index in [1.54, 1.807) is 4.57 Å². The molecule has 2 aromatic rings. The Morgan fingerprint density at radius 3 is 2.75 bits per heavy atom. The van der Waals surface area contributed by atoms with Crippen molar-refractivity contribution in [1.29, 1.82) is 0 Å². The van der Waals surface area contributed by atoms with Crippen molar-refractivity contribution in [2.45, 2.75) is 30.8 Å². The molecule has 3 heterocycles. The van der Waals surface area contributed by atoms with Crippen LogP contribution < -0.4 is 5.73 Å². The molecule has 0 aromatic carbocycles. The van der Waals surface area contributed by atoms with Crippen LogP contribution in [0.4, 0.5) is 5.82 Å². The number of ether oxygens (including phenoxy) is 3. The summed E-state index contributed by atoms with van der Waals surface area (Å²) in [5.74, 6) is -3.17. The lowest BCUT2D eigenvalue weighted by Crippen LogP contribution is -2.53. The van der Waals surface area contributed by atoms with Gasteiger partial charge in [0.15, 0.2) is 11.5 Å². The zero-order valence-electron chi connectivity index (χ0n) is 14.7. The zero-order chi connectivity index (χ0) is 20.5. The fourth-order valence-corrected chi connectivity index (χ4v) is 3.13. The molecule has 0 amide bonds. The zero-order valence-corrected chi connectivity index (χ0v) is 15.5. The van der Waals surface area contributed by atoms with E-state index in [0.29, 0.717) is 24.0 Å². The van der Waals surface area contributed by atoms with E-state index in [1.807, 2.05) is 0 Å². The van der Waals surface area contributed by atoms with Gasteiger partial charge >= 0.3 is 11.9 Å². The number of carboxylic acid groups (broad SMARTS) is 2. The van der Waals surface area contributed by atoms with Gasteiger partial charge < -0.3 is 30.2 Å². The number of methoxy groups -OCH3 is 1. The van der Waals surface area contributed by atoms with Gasteiger partial charge in [-0.1, -0.05) is 0 Å². The molecule has 0 aliphatic carbocycles. The van der Waals surface area contributed by atoms with Gasteiger partial charge in [0.25, 0.3) is 5.60 Å². The van der Waals surface area contributed by atoms with Crippen LogP contribution in [0.15, 0.2) is 6.33 Å². The minimum Gasteiger partial charge on any atom is -0.479 e. The third-order valence-electron chi connectivity index (χ3n) is 4.37. The van der Waals surface area contributed by atoms with Crippen molar-refractivity contribution in [3.05, 3.63) is 11.6 Å². The highest BCUT2D eigenvalue weighted by molar-refractivity contribution is 6.28. The lowest BCUT2D eigenvalue weighted by molar-refractivity contribution is -0.195. The molecule has 1 fully saturated rings. The summed E-state index contributed by atoms with van der Waals surface area (Å²) in [7, 11) is 1.19. The number of fused-ring (bicyclic) bond motifs is 1. The summed E-state index contributed by atoms with van der Waals surface area (Å²) >= 11 is 5.85. The van der Waals surface area contributed by atoms with Crippen LogP contribution in [-0.2, 0) is 23.8 Å². The normalized spacial score (nSPS) is 19.9. The van der Waals surface area contributed by atoms with Gasteiger partial charge in [-0.3, -0.25) is 4.57 Å². The molecule has 4 N–H and O–H groups in total. The Balaban J connectivity index is 1.72. The summed E-state index contributed by atoms with van der Waals surface area (Å²) in [5.41, 5.74) is 4.05. The van der Waals surface area contributed by atoms with Gasteiger partial charge in [0, 0.05) is 7.11 Å². The van der Waals surface area contributed by atoms with Crippen molar-refractivity contribution in [3.8, 4) is 0 Å². The van der Waals surface area contributed by atoms with Gasteiger partial charge in [-0.25, -0.2) is 14.6 Å². The van der Waals surface area contributed by atoms with Crippen LogP contribution in [0.5, 0.6) is 0 Å². The highest BCUT2D eigenvalue weighted by Crippen LogP contribution is 2.32. The standard InChI is InChI=1S/C15H18ClN5O7/c1-26-5-15(12(22)23,13(24)25)27-4-7-2-3-8(28-7)21-6-18-9-10(17)19-14(16)20-11(9)21/h6-8H,2-5H2,1H3,(H,22,23)(H,24,25)(H2,17,19,20). The van der Waals surface area contributed by atoms with Gasteiger partial charge in [-0.2, -0.15) is 9.97 Å². The third-order valence-corrected chi connectivity index (χ3v) is 4.54. The monoisotopic (exact) mass is 415 g/mol. The van der Waals surface area contributed by atoms with Crippen LogP contribution in [-0.4, -0.2) is 73.7 Å². The van der Waals surface area contributed by atoms with Crippen LogP contribution in [0.2, 0.25) is 5.28 Å². The molecule has 2 aromatic heterocycles. The molecule has 12 nitrogen and oxygen atoms in total. The van der Waals surface area contributed by atoms with Crippen molar-refractivity contribution in [3.63, 3.8) is 0 Å². The topological polar surface area (TPSA) is 172 Å². The molecule has 1 aliphatic rings. The average Bonchev–Trinajstić information content (AvgIpc) is 3.24. The Morgan fingerprint density at radius 1 is 1.39 bits per heavy atom. The molecule has 2 atom stereocenters. The van der Waals surface area contributed by atoms with Crippen molar-refractivity contribution in [2.75, 3.05) is 26.1 Å². The molecule has 3 rings (SSSR count). The lowest BCUT2D eigenvalue weighted by Gasteiger charge is -2.26. The van der Waals surface area contributed by atoms with Gasteiger partial charge in [0.05, 0.1) is 25.6 Å². The number of nitrogens with two attached hydrogens (primary N) is 1. The fraction of sp³-hybridized carbons (Fsp3) is 0.533. The summed E-state index contributed by atoms with van der Waals surface area (Å²) in [6.07, 6.45) is 1.52. The number of anilines is 1. The second-order valence-corrected chi connectivity index (χ2v) is 6.51. The Bertz CT molecular complexity index is 890. The maximum atomic E-state index is 11.4. The molecule has 152 valence electrons. The second kappa shape index (κ2) is 7.83. The number of nitrogens with zero attached hydrogens (tertiary/aromatic N) is 4. The first-order valence-electron chi connectivity index (χ1n) is 8.19. The molecule has 0 bridgehead atoms. The molecule has 0 saturated carbocycles. The minimum atomic E-state index is -2.51. The van der Waals surface area contributed by atoms with E-state index in [4.69, 9.17) is 31.5 Å². The summed E-state index contributed by atoms with van der Waals surface area (Å²) < 4.78 is 17.4. The number of hydrogen-bond acceptors (Lipinski definition) is 9. The van der Waals surface area contributed by atoms with Crippen molar-refractivity contribution in [2.24, 2.45) is 0 Å². The summed E-state index contributed by atoms with van der Waals surface area (Å²) in [6, 6.07) is 0. The van der Waals surface area contributed by atoms with Crippen LogP contribution in [0.25, 0.3) is 11.2 Å². The molecular weight excluding hydrogens is 398 g/mol. The maximum absolute atomic E-state index is 11.4. The van der Waals surface area contributed by atoms with Crippen LogP contribution >= 0.6 is 11.6 Å². The van der Waals surface area contributed by atoms with Crippen LogP contribution in [0.3, 0.4) is 0 Å². The van der Waals surface area contributed by atoms with E-state index >= 15 is 0 Å². The number of imidazole rings is 1. The summed E-state index contributed by atoms with van der Waals surface area (Å²) in [6.45, 7) is -0.891. The Hall–Kier alpha value is -2.54. The molecule has 0 spiro atoms. The second-order valence-electron chi connectivity index (χ2n) is 6.17. The van der Waals surface area contributed by atoms with E-state index in [0.717, 1.165) is 0 Å². The molecular formula is C15H18ClN5O7. The number of aliphatic carboxylic acids is 2. The molecule has 1 aliphatic heterocycles. The largest absolute Gasteiger partial charge is 0.479 e. The highest BCUT2D eigenvalue weighted by Gasteiger charge is 2.49. The lowest BCUT2D eigenvalue weighted by atomic mass is 10.1. The van der Waals surface area contributed by atoms with E-state index in [2.05, 4.69) is 15.0 Å². The number of aromatic nitrogens is 4. The molecule has 28 heavy (non-hydrogen) atoms.